The quantitative estimate of drug-likeness (QED) is 0.587. The number of hydrogen-bond acceptors (Lipinski definition) is 1. The minimum absolute atomic E-state index is 0.579. The van der Waals surface area contributed by atoms with Gasteiger partial charge in [0.2, 0.25) is 0 Å². The molecule has 1 aromatic heterocycles. The van der Waals surface area contributed by atoms with Crippen molar-refractivity contribution in [3.8, 4) is 0 Å². The van der Waals surface area contributed by atoms with E-state index in [0.717, 1.165) is 16.1 Å². The average molecular weight is 311 g/mol. The van der Waals surface area contributed by atoms with Gasteiger partial charge in [-0.25, -0.2) is 0 Å². The fraction of sp³-hybridized carbons (Fsp3) is 0.600. The molecule has 2 nitrogen and oxygen atoms in total. The Morgan fingerprint density at radius 1 is 1.40 bits per heavy atom. The molecule has 0 aliphatic heterocycles. The molecule has 0 aliphatic carbocycles. The Balaban J connectivity index is 2.26. The van der Waals surface area contributed by atoms with Crippen LogP contribution in [0.1, 0.15) is 0 Å². The van der Waals surface area contributed by atoms with E-state index in [1.165, 1.54) is 6.04 Å². The van der Waals surface area contributed by atoms with Crippen LogP contribution in [0.25, 0.3) is 0 Å². The monoisotopic (exact) mass is 309 g/mol. The van der Waals surface area contributed by atoms with Crippen LogP contribution in [-0.2, 0) is 11.5 Å². The smallest absolute Gasteiger partial charge is 0.122 e. The van der Waals surface area contributed by atoms with Crippen molar-refractivity contribution in [1.82, 2.24) is 4.57 Å². The van der Waals surface area contributed by atoms with Crippen molar-refractivity contribution in [1.29, 1.82) is 0 Å². The van der Waals surface area contributed by atoms with E-state index in [2.05, 4.69) is 35.6 Å². The maximum absolute atomic E-state index is 5.90. The van der Waals surface area contributed by atoms with Crippen LogP contribution in [0, 0.1) is 0 Å². The van der Waals surface area contributed by atoms with Gasteiger partial charge in [-0.1, -0.05) is 31.2 Å². The van der Waals surface area contributed by atoms with Crippen molar-refractivity contribution in [3.63, 3.8) is 0 Å². The second-order valence-corrected chi connectivity index (χ2v) is 11.7. The summed E-state index contributed by atoms with van der Waals surface area (Å²) in [6, 6.07) is 1.20. The third kappa shape index (κ3) is 5.20. The van der Waals surface area contributed by atoms with Gasteiger partial charge in [0.05, 0.1) is 9.50 Å². The number of aromatic nitrogens is 1. The van der Waals surface area contributed by atoms with E-state index < -0.39 is 8.07 Å². The van der Waals surface area contributed by atoms with E-state index in [1.807, 2.05) is 17.0 Å². The third-order valence-corrected chi connectivity index (χ3v) is 4.89. The maximum atomic E-state index is 5.90. The minimum Gasteiger partial charge on any atom is -0.361 e. The van der Waals surface area contributed by atoms with Gasteiger partial charge in [-0.3, -0.25) is 0 Å². The summed E-state index contributed by atoms with van der Waals surface area (Å²) in [5, 5.41) is 0.726. The molecular weight excluding hydrogens is 294 g/mol. The highest BCUT2D eigenvalue weighted by Gasteiger charge is 2.12. The molecule has 0 aromatic carbocycles. The summed E-state index contributed by atoms with van der Waals surface area (Å²) in [6.45, 7) is 8.46. The van der Waals surface area contributed by atoms with Gasteiger partial charge in [0.25, 0.3) is 0 Å². The topological polar surface area (TPSA) is 14.2 Å². The molecule has 1 aromatic rings. The first kappa shape index (κ1) is 13.3. The molecule has 0 fully saturated rings. The summed E-state index contributed by atoms with van der Waals surface area (Å²) in [5.41, 5.74) is 0. The normalized spacial score (nSPS) is 12.1. The number of rotatable bonds is 5. The SMILES string of the molecule is C[Si](C)(C)CCOCn1cc(Cl)c(Br)c1. The van der Waals surface area contributed by atoms with Gasteiger partial charge in [0.15, 0.2) is 0 Å². The van der Waals surface area contributed by atoms with E-state index in [0.29, 0.717) is 6.73 Å². The Kier molecular flexibility index (Phi) is 4.90. The Morgan fingerprint density at radius 2 is 2.07 bits per heavy atom. The Hall–Kier alpha value is 0.227. The summed E-state index contributed by atoms with van der Waals surface area (Å²) in [4.78, 5) is 0. The van der Waals surface area contributed by atoms with E-state index in [9.17, 15) is 0 Å². The predicted molar refractivity (Wildman–Crippen MR) is 71.2 cm³/mol. The first-order chi connectivity index (χ1) is 6.88. The molecule has 0 unspecified atom stereocenters. The zero-order valence-corrected chi connectivity index (χ0v) is 12.7. The Bertz CT molecular complexity index is 302. The lowest BCUT2D eigenvalue weighted by Gasteiger charge is -2.15. The van der Waals surface area contributed by atoms with Crippen molar-refractivity contribution >= 4 is 35.6 Å². The summed E-state index contributed by atoms with van der Waals surface area (Å²) < 4.78 is 8.44. The molecule has 0 atom stereocenters. The van der Waals surface area contributed by atoms with Crippen molar-refractivity contribution in [2.75, 3.05) is 6.61 Å². The van der Waals surface area contributed by atoms with E-state index in [4.69, 9.17) is 16.3 Å². The lowest BCUT2D eigenvalue weighted by Crippen LogP contribution is -2.21. The molecule has 15 heavy (non-hydrogen) atoms. The number of ether oxygens (including phenoxy) is 1. The summed E-state index contributed by atoms with van der Waals surface area (Å²) in [7, 11) is -0.971. The lowest BCUT2D eigenvalue weighted by atomic mass is 10.7. The van der Waals surface area contributed by atoms with Crippen LogP contribution >= 0.6 is 27.5 Å². The van der Waals surface area contributed by atoms with E-state index in [1.54, 1.807) is 0 Å². The van der Waals surface area contributed by atoms with Gasteiger partial charge in [0.1, 0.15) is 6.73 Å². The van der Waals surface area contributed by atoms with Crippen molar-refractivity contribution in [2.45, 2.75) is 32.4 Å². The van der Waals surface area contributed by atoms with Crippen LogP contribution in [0.15, 0.2) is 16.9 Å². The second-order valence-electron chi connectivity index (χ2n) is 4.82. The predicted octanol–water partition coefficient (Wildman–Crippen LogP) is 4.22. The van der Waals surface area contributed by atoms with Gasteiger partial charge >= 0.3 is 0 Å². The molecule has 1 heterocycles. The lowest BCUT2D eigenvalue weighted by molar-refractivity contribution is 0.0874. The van der Waals surface area contributed by atoms with Crippen LogP contribution in [0.2, 0.25) is 30.7 Å². The summed E-state index contributed by atoms with van der Waals surface area (Å²) in [5.74, 6) is 0. The molecule has 5 heteroatoms. The fourth-order valence-corrected chi connectivity index (χ4v) is 2.37. The number of nitrogens with zero attached hydrogens (tertiary/aromatic N) is 1. The highest BCUT2D eigenvalue weighted by Crippen LogP contribution is 2.22. The second kappa shape index (κ2) is 5.52. The first-order valence-electron chi connectivity index (χ1n) is 4.97. The van der Waals surface area contributed by atoms with Crippen LogP contribution in [0.5, 0.6) is 0 Å². The van der Waals surface area contributed by atoms with Crippen LogP contribution < -0.4 is 0 Å². The minimum atomic E-state index is -0.971. The molecule has 0 radical (unpaired) electrons. The molecule has 1 rings (SSSR count). The Labute approximate surface area is 106 Å². The number of hydrogen-bond donors (Lipinski definition) is 0. The molecule has 0 amide bonds. The number of halogens is 2. The van der Waals surface area contributed by atoms with Gasteiger partial charge in [-0.2, -0.15) is 0 Å². The molecule has 0 spiro atoms. The zero-order chi connectivity index (χ0) is 11.5. The molecule has 0 saturated carbocycles. The maximum Gasteiger partial charge on any atom is 0.122 e. The zero-order valence-electron chi connectivity index (χ0n) is 9.39. The molecule has 0 bridgehead atoms. The first-order valence-corrected chi connectivity index (χ1v) is 9.85. The Morgan fingerprint density at radius 3 is 2.53 bits per heavy atom. The van der Waals surface area contributed by atoms with Crippen molar-refractivity contribution in [2.24, 2.45) is 0 Å². The highest BCUT2D eigenvalue weighted by molar-refractivity contribution is 9.10. The van der Waals surface area contributed by atoms with Gasteiger partial charge < -0.3 is 9.30 Å². The van der Waals surface area contributed by atoms with E-state index in [-0.39, 0.29) is 0 Å². The molecule has 86 valence electrons. The van der Waals surface area contributed by atoms with Crippen LogP contribution in [0.3, 0.4) is 0 Å². The van der Waals surface area contributed by atoms with Crippen LogP contribution in [0.4, 0.5) is 0 Å². The van der Waals surface area contributed by atoms with Gasteiger partial charge in [0, 0.05) is 27.1 Å². The fourth-order valence-electron chi connectivity index (χ4n) is 1.07. The van der Waals surface area contributed by atoms with E-state index >= 15 is 0 Å². The highest BCUT2D eigenvalue weighted by atomic mass is 79.9. The standard InChI is InChI=1S/C10H17BrClNOSi/c1-15(2,3)5-4-14-8-13-6-9(11)10(12)7-13/h6-7H,4-5,8H2,1-3H3. The largest absolute Gasteiger partial charge is 0.361 e. The molecule has 0 N–H and O–H groups in total. The van der Waals surface area contributed by atoms with Gasteiger partial charge in [-0.05, 0) is 22.0 Å². The molecule has 0 saturated heterocycles. The summed E-state index contributed by atoms with van der Waals surface area (Å²) >= 11 is 9.25. The molecular formula is C10H17BrClNOSi. The van der Waals surface area contributed by atoms with Crippen LogP contribution in [-0.4, -0.2) is 19.2 Å². The average Bonchev–Trinajstić information content (AvgIpc) is 2.39. The van der Waals surface area contributed by atoms with Crippen molar-refractivity contribution in [3.05, 3.63) is 21.9 Å². The van der Waals surface area contributed by atoms with Crippen molar-refractivity contribution < 1.29 is 4.74 Å². The third-order valence-electron chi connectivity index (χ3n) is 2.02. The summed E-state index contributed by atoms with van der Waals surface area (Å²) in [6.07, 6.45) is 3.79. The molecule has 0 aliphatic rings. The van der Waals surface area contributed by atoms with Gasteiger partial charge in [-0.15, -0.1) is 0 Å².